The lowest BCUT2D eigenvalue weighted by molar-refractivity contribution is 0.115. The molecule has 0 bridgehead atoms. The average molecular weight is 254 g/mol. The van der Waals surface area contributed by atoms with Crippen molar-refractivity contribution in [2.75, 3.05) is 19.8 Å². The maximum absolute atomic E-state index is 9.33. The van der Waals surface area contributed by atoms with E-state index < -0.39 is 0 Å². The van der Waals surface area contributed by atoms with Gasteiger partial charge < -0.3 is 4.74 Å². The predicted octanol–water partition coefficient (Wildman–Crippen LogP) is 3.50. The summed E-state index contributed by atoms with van der Waals surface area (Å²) in [5, 5.41) is 12.7. The quantitative estimate of drug-likeness (QED) is 0.574. The Morgan fingerprint density at radius 3 is 2.50 bits per heavy atom. The second-order valence-electron chi connectivity index (χ2n) is 5.37. The molecule has 0 saturated heterocycles. The molecule has 3 nitrogen and oxygen atoms in total. The van der Waals surface area contributed by atoms with E-state index in [0.717, 1.165) is 51.9 Å². The number of ether oxygens (including phenoxy) is 1. The lowest BCUT2D eigenvalue weighted by atomic mass is 9.92. The Kier molecular flexibility index (Phi) is 10.0. The Bertz CT molecular complexity index is 235. The van der Waals surface area contributed by atoms with Crippen molar-refractivity contribution in [1.29, 1.82) is 5.26 Å². The molecule has 1 N–H and O–H groups in total. The van der Waals surface area contributed by atoms with Crippen molar-refractivity contribution in [2.24, 2.45) is 5.92 Å². The minimum atomic E-state index is -0.350. The fourth-order valence-electron chi connectivity index (χ4n) is 1.83. The van der Waals surface area contributed by atoms with Gasteiger partial charge in [0.2, 0.25) is 0 Å². The molecule has 106 valence electrons. The van der Waals surface area contributed by atoms with Gasteiger partial charge in [-0.1, -0.05) is 27.7 Å². The summed E-state index contributed by atoms with van der Waals surface area (Å²) in [4.78, 5) is 0. The molecule has 3 heteroatoms. The summed E-state index contributed by atoms with van der Waals surface area (Å²) >= 11 is 0. The lowest BCUT2D eigenvalue weighted by Gasteiger charge is -2.26. The highest BCUT2D eigenvalue weighted by Crippen LogP contribution is 2.16. The SMILES string of the molecule is CCCNC(C#N)(CC)CCCOCCC(C)C. The van der Waals surface area contributed by atoms with Gasteiger partial charge in [0.25, 0.3) is 0 Å². The fourth-order valence-corrected chi connectivity index (χ4v) is 1.83. The lowest BCUT2D eigenvalue weighted by Crippen LogP contribution is -2.44. The van der Waals surface area contributed by atoms with Gasteiger partial charge in [0, 0.05) is 13.2 Å². The number of rotatable bonds is 11. The van der Waals surface area contributed by atoms with Gasteiger partial charge in [-0.15, -0.1) is 0 Å². The molecule has 0 fully saturated rings. The minimum absolute atomic E-state index is 0.350. The van der Waals surface area contributed by atoms with E-state index in [0.29, 0.717) is 5.92 Å². The molecule has 0 amide bonds. The van der Waals surface area contributed by atoms with Gasteiger partial charge in [-0.25, -0.2) is 0 Å². The Labute approximate surface area is 113 Å². The first-order chi connectivity index (χ1) is 8.60. The van der Waals surface area contributed by atoms with Gasteiger partial charge in [-0.2, -0.15) is 5.26 Å². The highest BCUT2D eigenvalue weighted by Gasteiger charge is 2.25. The van der Waals surface area contributed by atoms with E-state index in [1.54, 1.807) is 0 Å². The molecule has 0 aliphatic carbocycles. The van der Waals surface area contributed by atoms with Crippen LogP contribution in [0.25, 0.3) is 0 Å². The predicted molar refractivity (Wildman–Crippen MR) is 76.4 cm³/mol. The van der Waals surface area contributed by atoms with Crippen LogP contribution < -0.4 is 5.32 Å². The summed E-state index contributed by atoms with van der Waals surface area (Å²) in [6.45, 7) is 11.1. The third kappa shape index (κ3) is 7.68. The molecule has 0 aromatic heterocycles. The summed E-state index contributed by atoms with van der Waals surface area (Å²) in [5.41, 5.74) is -0.350. The maximum Gasteiger partial charge on any atom is 0.106 e. The Balaban J connectivity index is 3.80. The second kappa shape index (κ2) is 10.3. The van der Waals surface area contributed by atoms with Crippen LogP contribution >= 0.6 is 0 Å². The van der Waals surface area contributed by atoms with Crippen molar-refractivity contribution in [3.63, 3.8) is 0 Å². The molecule has 0 heterocycles. The third-order valence-electron chi connectivity index (χ3n) is 3.26. The standard InChI is InChI=1S/C15H30N2O/c1-5-10-17-15(6-2,13-16)9-7-11-18-12-8-14(3)4/h14,17H,5-12H2,1-4H3. The van der Waals surface area contributed by atoms with Crippen LogP contribution in [0.4, 0.5) is 0 Å². The van der Waals surface area contributed by atoms with Crippen LogP contribution in [0.2, 0.25) is 0 Å². The molecule has 0 aliphatic heterocycles. The zero-order valence-electron chi connectivity index (χ0n) is 12.6. The Morgan fingerprint density at radius 1 is 1.28 bits per heavy atom. The summed E-state index contributed by atoms with van der Waals surface area (Å²) in [5.74, 6) is 0.699. The van der Waals surface area contributed by atoms with Crippen LogP contribution in [-0.2, 0) is 4.74 Å². The van der Waals surface area contributed by atoms with E-state index in [2.05, 4.69) is 39.1 Å². The highest BCUT2D eigenvalue weighted by molar-refractivity contribution is 5.05. The number of nitrogens with zero attached hydrogens (tertiary/aromatic N) is 1. The van der Waals surface area contributed by atoms with E-state index in [-0.39, 0.29) is 5.54 Å². The zero-order valence-corrected chi connectivity index (χ0v) is 12.6. The average Bonchev–Trinajstić information content (AvgIpc) is 2.37. The van der Waals surface area contributed by atoms with Gasteiger partial charge in [0.15, 0.2) is 0 Å². The second-order valence-corrected chi connectivity index (χ2v) is 5.37. The van der Waals surface area contributed by atoms with Crippen LogP contribution in [0.15, 0.2) is 0 Å². The Hall–Kier alpha value is -0.590. The third-order valence-corrected chi connectivity index (χ3v) is 3.26. The molecule has 0 aromatic rings. The van der Waals surface area contributed by atoms with Crippen LogP contribution in [0.1, 0.15) is 59.8 Å². The molecule has 0 aliphatic rings. The maximum atomic E-state index is 9.33. The first-order valence-electron chi connectivity index (χ1n) is 7.34. The summed E-state index contributed by atoms with van der Waals surface area (Å²) < 4.78 is 5.60. The van der Waals surface area contributed by atoms with Gasteiger partial charge in [-0.3, -0.25) is 5.32 Å². The van der Waals surface area contributed by atoms with E-state index in [1.807, 2.05) is 0 Å². The molecule has 1 unspecified atom stereocenters. The summed E-state index contributed by atoms with van der Waals surface area (Å²) in [6.07, 6.45) is 4.87. The van der Waals surface area contributed by atoms with Crippen molar-refractivity contribution < 1.29 is 4.74 Å². The number of hydrogen-bond acceptors (Lipinski definition) is 3. The molecule has 18 heavy (non-hydrogen) atoms. The van der Waals surface area contributed by atoms with E-state index >= 15 is 0 Å². The molecule has 0 aromatic carbocycles. The van der Waals surface area contributed by atoms with Gasteiger partial charge in [-0.05, 0) is 44.6 Å². The smallest absolute Gasteiger partial charge is 0.106 e. The molecule has 0 rings (SSSR count). The fraction of sp³-hybridized carbons (Fsp3) is 0.933. The van der Waals surface area contributed by atoms with Crippen LogP contribution in [0.3, 0.4) is 0 Å². The van der Waals surface area contributed by atoms with Crippen molar-refractivity contribution in [3.05, 3.63) is 0 Å². The van der Waals surface area contributed by atoms with E-state index in [4.69, 9.17) is 4.74 Å². The van der Waals surface area contributed by atoms with Gasteiger partial charge >= 0.3 is 0 Å². The molecule has 0 radical (unpaired) electrons. The van der Waals surface area contributed by atoms with Crippen molar-refractivity contribution >= 4 is 0 Å². The first kappa shape index (κ1) is 17.4. The van der Waals surface area contributed by atoms with Crippen LogP contribution in [-0.4, -0.2) is 25.3 Å². The first-order valence-corrected chi connectivity index (χ1v) is 7.34. The number of nitriles is 1. The van der Waals surface area contributed by atoms with Gasteiger partial charge in [0.1, 0.15) is 5.54 Å². The highest BCUT2D eigenvalue weighted by atomic mass is 16.5. The van der Waals surface area contributed by atoms with E-state index in [9.17, 15) is 5.26 Å². The molecule has 1 atom stereocenters. The van der Waals surface area contributed by atoms with E-state index in [1.165, 1.54) is 0 Å². The monoisotopic (exact) mass is 254 g/mol. The van der Waals surface area contributed by atoms with Crippen molar-refractivity contribution in [1.82, 2.24) is 5.32 Å². The summed E-state index contributed by atoms with van der Waals surface area (Å²) in [6, 6.07) is 2.44. The molecular formula is C15H30N2O. The van der Waals surface area contributed by atoms with Crippen LogP contribution in [0, 0.1) is 17.2 Å². The minimum Gasteiger partial charge on any atom is -0.381 e. The molecule has 0 spiro atoms. The van der Waals surface area contributed by atoms with Crippen LogP contribution in [0.5, 0.6) is 0 Å². The molecule has 0 saturated carbocycles. The van der Waals surface area contributed by atoms with Crippen molar-refractivity contribution in [3.8, 4) is 6.07 Å². The van der Waals surface area contributed by atoms with Crippen molar-refractivity contribution in [2.45, 2.75) is 65.3 Å². The normalized spacial score (nSPS) is 14.4. The Morgan fingerprint density at radius 2 is 2.00 bits per heavy atom. The zero-order chi connectivity index (χ0) is 13.9. The molecular weight excluding hydrogens is 224 g/mol. The summed E-state index contributed by atoms with van der Waals surface area (Å²) in [7, 11) is 0. The topological polar surface area (TPSA) is 45.0 Å². The number of nitrogens with one attached hydrogen (secondary N) is 1. The van der Waals surface area contributed by atoms with Gasteiger partial charge in [0.05, 0.1) is 6.07 Å². The largest absolute Gasteiger partial charge is 0.381 e. The number of hydrogen-bond donors (Lipinski definition) is 1.